The zero-order valence-corrected chi connectivity index (χ0v) is 12.4. The molecule has 22 heavy (non-hydrogen) atoms. The van der Waals surface area contributed by atoms with Gasteiger partial charge in [-0.1, -0.05) is 18.2 Å². The maximum absolute atomic E-state index is 12.5. The Morgan fingerprint density at radius 2 is 1.95 bits per heavy atom. The van der Waals surface area contributed by atoms with E-state index in [-0.39, 0.29) is 30.6 Å². The molecule has 1 amide bonds. The van der Waals surface area contributed by atoms with Gasteiger partial charge < -0.3 is 15.0 Å². The number of benzene rings is 1. The highest BCUT2D eigenvalue weighted by molar-refractivity contribution is 5.97. The van der Waals surface area contributed by atoms with Gasteiger partial charge in [-0.05, 0) is 12.1 Å². The standard InChI is InChI=1S/C15H16N4O3/c1-18-14(21)11-9-19(10-6-4-3-5-7-10)12(20)8-16-13(11)17-15(18)22-2/h3-7,16H,8-9H2,1-2H3. The lowest BCUT2D eigenvalue weighted by atomic mass is 10.2. The van der Waals surface area contributed by atoms with Crippen molar-refractivity contribution in [2.24, 2.45) is 7.05 Å². The fourth-order valence-electron chi connectivity index (χ4n) is 2.44. The molecule has 0 saturated heterocycles. The average Bonchev–Trinajstić information content (AvgIpc) is 2.71. The van der Waals surface area contributed by atoms with Crippen LogP contribution in [0.25, 0.3) is 0 Å². The number of hydrogen-bond donors (Lipinski definition) is 1. The molecule has 0 aliphatic carbocycles. The molecule has 1 aliphatic rings. The second kappa shape index (κ2) is 5.51. The van der Waals surface area contributed by atoms with Gasteiger partial charge in [0.05, 0.1) is 25.8 Å². The van der Waals surface area contributed by atoms with Gasteiger partial charge in [0, 0.05) is 12.7 Å². The molecule has 0 saturated carbocycles. The van der Waals surface area contributed by atoms with Crippen molar-refractivity contribution >= 4 is 17.4 Å². The molecule has 0 unspecified atom stereocenters. The monoisotopic (exact) mass is 300 g/mol. The summed E-state index contributed by atoms with van der Waals surface area (Å²) in [4.78, 5) is 30.7. The summed E-state index contributed by atoms with van der Waals surface area (Å²) in [6.07, 6.45) is 0. The topological polar surface area (TPSA) is 76.5 Å². The van der Waals surface area contributed by atoms with E-state index in [2.05, 4.69) is 10.3 Å². The fourth-order valence-corrected chi connectivity index (χ4v) is 2.44. The Bertz CT molecular complexity index is 770. The number of anilines is 2. The van der Waals surface area contributed by atoms with Gasteiger partial charge in [0.1, 0.15) is 5.82 Å². The highest BCUT2D eigenvalue weighted by atomic mass is 16.5. The number of rotatable bonds is 2. The molecular formula is C15H16N4O3. The minimum absolute atomic E-state index is 0.0746. The van der Waals surface area contributed by atoms with E-state index in [0.29, 0.717) is 11.4 Å². The van der Waals surface area contributed by atoms with Crippen LogP contribution in [0, 0.1) is 0 Å². The van der Waals surface area contributed by atoms with Gasteiger partial charge in [-0.15, -0.1) is 0 Å². The molecule has 7 nitrogen and oxygen atoms in total. The summed E-state index contributed by atoms with van der Waals surface area (Å²) >= 11 is 0. The highest BCUT2D eigenvalue weighted by Crippen LogP contribution is 2.22. The van der Waals surface area contributed by atoms with Crippen molar-refractivity contribution in [1.82, 2.24) is 9.55 Å². The normalized spacial score (nSPS) is 14.1. The van der Waals surface area contributed by atoms with Crippen molar-refractivity contribution in [1.29, 1.82) is 0 Å². The molecule has 3 rings (SSSR count). The number of para-hydroxylation sites is 1. The first-order valence-corrected chi connectivity index (χ1v) is 6.85. The zero-order chi connectivity index (χ0) is 15.7. The van der Waals surface area contributed by atoms with Crippen molar-refractivity contribution in [2.75, 3.05) is 23.9 Å². The largest absolute Gasteiger partial charge is 0.468 e. The molecule has 0 atom stereocenters. The number of ether oxygens (including phenoxy) is 1. The van der Waals surface area contributed by atoms with E-state index in [1.807, 2.05) is 30.3 Å². The number of methoxy groups -OCH3 is 1. The maximum atomic E-state index is 12.5. The van der Waals surface area contributed by atoms with Crippen LogP contribution in [0.5, 0.6) is 6.01 Å². The van der Waals surface area contributed by atoms with Gasteiger partial charge in [0.25, 0.3) is 5.56 Å². The van der Waals surface area contributed by atoms with E-state index in [1.165, 1.54) is 11.7 Å². The second-order valence-corrected chi connectivity index (χ2v) is 4.96. The Labute approximate surface area is 127 Å². The van der Waals surface area contributed by atoms with Crippen LogP contribution in [0.3, 0.4) is 0 Å². The number of aromatic nitrogens is 2. The summed E-state index contributed by atoms with van der Waals surface area (Å²) in [5.41, 5.74) is 0.961. The molecule has 1 N–H and O–H groups in total. The van der Waals surface area contributed by atoms with Crippen LogP contribution in [0.4, 0.5) is 11.5 Å². The van der Waals surface area contributed by atoms with Crippen LogP contribution in [0.15, 0.2) is 35.1 Å². The third-order valence-electron chi connectivity index (χ3n) is 3.62. The molecule has 0 radical (unpaired) electrons. The van der Waals surface area contributed by atoms with E-state index in [0.717, 1.165) is 5.69 Å². The fraction of sp³-hybridized carbons (Fsp3) is 0.267. The van der Waals surface area contributed by atoms with Gasteiger partial charge in [-0.3, -0.25) is 14.2 Å². The summed E-state index contributed by atoms with van der Waals surface area (Å²) in [7, 11) is 3.04. The molecule has 114 valence electrons. The predicted octanol–water partition coefficient (Wildman–Crippen LogP) is 0.748. The molecule has 2 aromatic rings. The quantitative estimate of drug-likeness (QED) is 0.885. The van der Waals surface area contributed by atoms with Crippen LogP contribution in [-0.2, 0) is 18.4 Å². The van der Waals surface area contributed by atoms with Crippen molar-refractivity contribution < 1.29 is 9.53 Å². The Kier molecular flexibility index (Phi) is 3.54. The summed E-state index contributed by atoms with van der Waals surface area (Å²) < 4.78 is 6.42. The van der Waals surface area contributed by atoms with Crippen LogP contribution in [0.2, 0.25) is 0 Å². The first-order chi connectivity index (χ1) is 10.6. The average molecular weight is 300 g/mol. The predicted molar refractivity (Wildman–Crippen MR) is 82.2 cm³/mol. The smallest absolute Gasteiger partial charge is 0.300 e. The number of nitrogens with one attached hydrogen (secondary N) is 1. The lowest BCUT2D eigenvalue weighted by molar-refractivity contribution is -0.117. The molecule has 0 spiro atoms. The Balaban J connectivity index is 2.09. The number of nitrogens with zero attached hydrogens (tertiary/aromatic N) is 3. The molecule has 1 aromatic carbocycles. The number of carbonyl (C=O) groups excluding carboxylic acids is 1. The molecule has 1 aromatic heterocycles. The van der Waals surface area contributed by atoms with Gasteiger partial charge >= 0.3 is 6.01 Å². The van der Waals surface area contributed by atoms with Crippen molar-refractivity contribution in [3.8, 4) is 6.01 Å². The lowest BCUT2D eigenvalue weighted by Crippen LogP contribution is -2.34. The Hall–Kier alpha value is -2.83. The first-order valence-electron chi connectivity index (χ1n) is 6.85. The third-order valence-corrected chi connectivity index (χ3v) is 3.62. The van der Waals surface area contributed by atoms with Gasteiger partial charge in [0.15, 0.2) is 0 Å². The van der Waals surface area contributed by atoms with Crippen LogP contribution >= 0.6 is 0 Å². The van der Waals surface area contributed by atoms with Gasteiger partial charge in [-0.2, -0.15) is 4.98 Å². The molecular weight excluding hydrogens is 284 g/mol. The van der Waals surface area contributed by atoms with Crippen LogP contribution in [-0.4, -0.2) is 29.1 Å². The highest BCUT2D eigenvalue weighted by Gasteiger charge is 2.26. The van der Waals surface area contributed by atoms with Gasteiger partial charge in [-0.25, -0.2) is 0 Å². The van der Waals surface area contributed by atoms with Gasteiger partial charge in [0.2, 0.25) is 5.91 Å². The lowest BCUT2D eigenvalue weighted by Gasteiger charge is -2.20. The molecule has 0 bridgehead atoms. The Morgan fingerprint density at radius 1 is 1.23 bits per heavy atom. The van der Waals surface area contributed by atoms with Crippen molar-refractivity contribution in [3.63, 3.8) is 0 Å². The summed E-state index contributed by atoms with van der Waals surface area (Å²) in [6, 6.07) is 9.47. The molecule has 0 fully saturated rings. The Morgan fingerprint density at radius 3 is 2.64 bits per heavy atom. The zero-order valence-electron chi connectivity index (χ0n) is 12.4. The number of hydrogen-bond acceptors (Lipinski definition) is 5. The van der Waals surface area contributed by atoms with Crippen molar-refractivity contribution in [3.05, 3.63) is 46.2 Å². The van der Waals surface area contributed by atoms with E-state index >= 15 is 0 Å². The summed E-state index contributed by atoms with van der Waals surface area (Å²) in [6.45, 7) is 0.250. The van der Waals surface area contributed by atoms with E-state index in [4.69, 9.17) is 4.74 Å². The third kappa shape index (κ3) is 2.30. The maximum Gasteiger partial charge on any atom is 0.300 e. The number of amides is 1. The van der Waals surface area contributed by atoms with E-state index in [9.17, 15) is 9.59 Å². The minimum Gasteiger partial charge on any atom is -0.468 e. The van der Waals surface area contributed by atoms with E-state index in [1.54, 1.807) is 11.9 Å². The molecule has 2 heterocycles. The SMILES string of the molecule is COc1nc2c(c(=O)n1C)CN(c1ccccc1)C(=O)CN2. The number of fused-ring (bicyclic) bond motifs is 1. The molecule has 1 aliphatic heterocycles. The van der Waals surface area contributed by atoms with E-state index < -0.39 is 0 Å². The van der Waals surface area contributed by atoms with Crippen molar-refractivity contribution in [2.45, 2.75) is 6.54 Å². The summed E-state index contributed by atoms with van der Waals surface area (Å²) in [5, 5.41) is 2.92. The first kappa shape index (κ1) is 14.1. The van der Waals surface area contributed by atoms with Crippen LogP contribution < -0.4 is 20.5 Å². The molecule has 7 heteroatoms. The number of carbonyl (C=O) groups is 1. The minimum atomic E-state index is -0.231. The summed E-state index contributed by atoms with van der Waals surface area (Å²) in [5.74, 6) is 0.275. The van der Waals surface area contributed by atoms with Crippen LogP contribution in [0.1, 0.15) is 5.56 Å². The second-order valence-electron chi connectivity index (χ2n) is 4.96.